The van der Waals surface area contributed by atoms with E-state index < -0.39 is 0 Å². The number of nitrogens with two attached hydrogens (primary N) is 1. The molecule has 4 heteroatoms. The SMILES string of the molecule is CCCN(Cc1ccc(NC(C)=O)cc1)CC(C)(C)CN. The van der Waals surface area contributed by atoms with Crippen molar-refractivity contribution in [3.8, 4) is 0 Å². The molecular weight excluding hydrogens is 262 g/mol. The molecule has 1 rings (SSSR count). The first-order valence-corrected chi connectivity index (χ1v) is 7.65. The van der Waals surface area contributed by atoms with Crippen molar-refractivity contribution in [3.63, 3.8) is 0 Å². The van der Waals surface area contributed by atoms with Gasteiger partial charge in [0.2, 0.25) is 5.91 Å². The molecule has 0 heterocycles. The lowest BCUT2D eigenvalue weighted by molar-refractivity contribution is -0.114. The molecule has 0 saturated heterocycles. The number of anilines is 1. The number of hydrogen-bond donors (Lipinski definition) is 2. The highest BCUT2D eigenvalue weighted by molar-refractivity contribution is 5.88. The van der Waals surface area contributed by atoms with E-state index in [0.717, 1.165) is 31.7 Å². The fourth-order valence-corrected chi connectivity index (χ4v) is 2.36. The highest BCUT2D eigenvalue weighted by atomic mass is 16.1. The molecule has 0 bridgehead atoms. The summed E-state index contributed by atoms with van der Waals surface area (Å²) in [6.07, 6.45) is 1.13. The molecule has 0 aliphatic carbocycles. The highest BCUT2D eigenvalue weighted by Crippen LogP contribution is 2.18. The van der Waals surface area contributed by atoms with Gasteiger partial charge in [0.15, 0.2) is 0 Å². The average Bonchev–Trinajstić information content (AvgIpc) is 2.40. The van der Waals surface area contributed by atoms with Gasteiger partial charge in [0.05, 0.1) is 0 Å². The number of nitrogens with one attached hydrogen (secondary N) is 1. The lowest BCUT2D eigenvalue weighted by Gasteiger charge is -2.31. The molecule has 1 amide bonds. The molecule has 0 unspecified atom stereocenters. The Kier molecular flexibility index (Phi) is 6.85. The number of carbonyl (C=O) groups excluding carboxylic acids is 1. The summed E-state index contributed by atoms with van der Waals surface area (Å²) in [5.74, 6) is -0.0416. The van der Waals surface area contributed by atoms with Gasteiger partial charge in [0.1, 0.15) is 0 Å². The van der Waals surface area contributed by atoms with Crippen LogP contribution in [0.15, 0.2) is 24.3 Å². The quantitative estimate of drug-likeness (QED) is 0.774. The molecule has 0 atom stereocenters. The monoisotopic (exact) mass is 291 g/mol. The summed E-state index contributed by atoms with van der Waals surface area (Å²) >= 11 is 0. The minimum atomic E-state index is -0.0416. The van der Waals surface area contributed by atoms with Gasteiger partial charge in [-0.2, -0.15) is 0 Å². The Labute approximate surface area is 128 Å². The van der Waals surface area contributed by atoms with Crippen LogP contribution in [0.1, 0.15) is 39.7 Å². The number of amides is 1. The fraction of sp³-hybridized carbons (Fsp3) is 0.588. The van der Waals surface area contributed by atoms with E-state index in [1.165, 1.54) is 12.5 Å². The van der Waals surface area contributed by atoms with Crippen LogP contribution >= 0.6 is 0 Å². The van der Waals surface area contributed by atoms with Gasteiger partial charge < -0.3 is 11.1 Å². The third-order valence-corrected chi connectivity index (χ3v) is 3.42. The van der Waals surface area contributed by atoms with E-state index in [2.05, 4.69) is 43.1 Å². The van der Waals surface area contributed by atoms with Crippen LogP contribution < -0.4 is 11.1 Å². The minimum absolute atomic E-state index is 0.0416. The lowest BCUT2D eigenvalue weighted by atomic mass is 9.93. The maximum absolute atomic E-state index is 11.0. The van der Waals surface area contributed by atoms with Crippen LogP contribution in [0.25, 0.3) is 0 Å². The topological polar surface area (TPSA) is 58.4 Å². The van der Waals surface area contributed by atoms with Crippen molar-refractivity contribution in [1.82, 2.24) is 4.90 Å². The van der Waals surface area contributed by atoms with Gasteiger partial charge in [-0.3, -0.25) is 9.69 Å². The van der Waals surface area contributed by atoms with Crippen LogP contribution in [0.3, 0.4) is 0 Å². The second-order valence-electron chi connectivity index (χ2n) is 6.46. The molecule has 0 aliphatic rings. The van der Waals surface area contributed by atoms with Crippen LogP contribution in [0.5, 0.6) is 0 Å². The molecular formula is C17H29N3O. The summed E-state index contributed by atoms with van der Waals surface area (Å²) in [6, 6.07) is 8.05. The summed E-state index contributed by atoms with van der Waals surface area (Å²) < 4.78 is 0. The Balaban J connectivity index is 2.68. The van der Waals surface area contributed by atoms with Crippen molar-refractivity contribution in [1.29, 1.82) is 0 Å². The van der Waals surface area contributed by atoms with Gasteiger partial charge in [0.25, 0.3) is 0 Å². The van der Waals surface area contributed by atoms with Crippen LogP contribution in [0, 0.1) is 5.41 Å². The molecule has 118 valence electrons. The molecule has 4 nitrogen and oxygen atoms in total. The number of nitrogens with zero attached hydrogens (tertiary/aromatic N) is 1. The minimum Gasteiger partial charge on any atom is -0.330 e. The van der Waals surface area contributed by atoms with Gasteiger partial charge in [-0.15, -0.1) is 0 Å². The highest BCUT2D eigenvalue weighted by Gasteiger charge is 2.19. The van der Waals surface area contributed by atoms with Gasteiger partial charge in [-0.25, -0.2) is 0 Å². The smallest absolute Gasteiger partial charge is 0.221 e. The number of rotatable bonds is 8. The summed E-state index contributed by atoms with van der Waals surface area (Å²) in [5, 5.41) is 2.79. The zero-order chi connectivity index (χ0) is 15.9. The Morgan fingerprint density at radius 2 is 1.90 bits per heavy atom. The van der Waals surface area contributed by atoms with Crippen molar-refractivity contribution >= 4 is 11.6 Å². The zero-order valence-electron chi connectivity index (χ0n) is 13.8. The molecule has 0 radical (unpaired) electrons. The van der Waals surface area contributed by atoms with E-state index in [1.807, 2.05) is 12.1 Å². The molecule has 1 aromatic carbocycles. The predicted octanol–water partition coefficient (Wildman–Crippen LogP) is 2.84. The summed E-state index contributed by atoms with van der Waals surface area (Å²) in [4.78, 5) is 13.5. The van der Waals surface area contributed by atoms with E-state index in [9.17, 15) is 4.79 Å². The summed E-state index contributed by atoms with van der Waals surface area (Å²) in [5.41, 5.74) is 8.07. The molecule has 21 heavy (non-hydrogen) atoms. The van der Waals surface area contributed by atoms with Gasteiger partial charge in [-0.1, -0.05) is 32.9 Å². The first kappa shape index (κ1) is 17.7. The molecule has 0 aromatic heterocycles. The van der Waals surface area contributed by atoms with Crippen molar-refractivity contribution in [2.24, 2.45) is 11.1 Å². The Hall–Kier alpha value is -1.39. The number of hydrogen-bond acceptors (Lipinski definition) is 3. The van der Waals surface area contributed by atoms with E-state index in [4.69, 9.17) is 5.73 Å². The van der Waals surface area contributed by atoms with E-state index in [1.54, 1.807) is 0 Å². The second-order valence-corrected chi connectivity index (χ2v) is 6.46. The van der Waals surface area contributed by atoms with Crippen LogP contribution in [-0.2, 0) is 11.3 Å². The summed E-state index contributed by atoms with van der Waals surface area (Å²) in [7, 11) is 0. The standard InChI is InChI=1S/C17H29N3O/c1-5-10-20(13-17(3,4)12-18)11-15-6-8-16(9-7-15)19-14(2)21/h6-9H,5,10-13,18H2,1-4H3,(H,19,21). The first-order chi connectivity index (χ1) is 9.86. The number of carbonyl (C=O) groups is 1. The molecule has 0 aliphatic heterocycles. The third-order valence-electron chi connectivity index (χ3n) is 3.42. The zero-order valence-corrected chi connectivity index (χ0v) is 13.8. The van der Waals surface area contributed by atoms with Crippen LogP contribution in [0.2, 0.25) is 0 Å². The maximum atomic E-state index is 11.0. The first-order valence-electron chi connectivity index (χ1n) is 7.65. The average molecular weight is 291 g/mol. The molecule has 3 N–H and O–H groups in total. The fourth-order valence-electron chi connectivity index (χ4n) is 2.36. The van der Waals surface area contributed by atoms with Crippen molar-refractivity contribution in [3.05, 3.63) is 29.8 Å². The van der Waals surface area contributed by atoms with E-state index in [-0.39, 0.29) is 11.3 Å². The molecule has 0 saturated carbocycles. The molecule has 1 aromatic rings. The lowest BCUT2D eigenvalue weighted by Crippen LogP contribution is -2.38. The number of benzene rings is 1. The van der Waals surface area contributed by atoms with Crippen LogP contribution in [-0.4, -0.2) is 30.4 Å². The van der Waals surface area contributed by atoms with Crippen molar-refractivity contribution < 1.29 is 4.79 Å². The third kappa shape index (κ3) is 6.74. The van der Waals surface area contributed by atoms with Crippen molar-refractivity contribution in [2.75, 3.05) is 25.0 Å². The van der Waals surface area contributed by atoms with Gasteiger partial charge in [0, 0.05) is 25.7 Å². The van der Waals surface area contributed by atoms with Crippen LogP contribution in [0.4, 0.5) is 5.69 Å². The largest absolute Gasteiger partial charge is 0.330 e. The Morgan fingerprint density at radius 3 is 2.38 bits per heavy atom. The second kappa shape index (κ2) is 8.15. The molecule has 0 spiro atoms. The van der Waals surface area contributed by atoms with Gasteiger partial charge in [-0.05, 0) is 42.6 Å². The summed E-state index contributed by atoms with van der Waals surface area (Å²) in [6.45, 7) is 11.8. The Morgan fingerprint density at radius 1 is 1.29 bits per heavy atom. The maximum Gasteiger partial charge on any atom is 0.221 e. The van der Waals surface area contributed by atoms with Gasteiger partial charge >= 0.3 is 0 Å². The van der Waals surface area contributed by atoms with E-state index in [0.29, 0.717) is 6.54 Å². The molecule has 0 fully saturated rings. The Bertz CT molecular complexity index is 440. The van der Waals surface area contributed by atoms with E-state index >= 15 is 0 Å². The normalized spacial score (nSPS) is 11.7. The van der Waals surface area contributed by atoms with Crippen molar-refractivity contribution in [2.45, 2.75) is 40.7 Å². The predicted molar refractivity (Wildman–Crippen MR) is 89.1 cm³/mol.